The number of rotatable bonds is 3. The average molecular weight is 391 g/mol. The molecule has 0 spiro atoms. The van der Waals surface area contributed by atoms with E-state index in [9.17, 15) is 5.11 Å². The van der Waals surface area contributed by atoms with E-state index in [1.807, 2.05) is 24.3 Å². The number of nitrogen functional groups attached to an aromatic ring is 1. The number of aliphatic hydroxyl groups excluding tert-OH is 1. The molecular weight excluding hydrogens is 368 g/mol. The van der Waals surface area contributed by atoms with E-state index in [2.05, 4.69) is 50.7 Å². The minimum atomic E-state index is -0.358. The molecule has 1 fully saturated rings. The number of nitrogens with two attached hydrogens (primary N) is 1. The number of anilines is 2. The molecule has 1 saturated heterocycles. The van der Waals surface area contributed by atoms with Crippen molar-refractivity contribution in [1.29, 1.82) is 0 Å². The van der Waals surface area contributed by atoms with Crippen molar-refractivity contribution in [2.24, 2.45) is 0 Å². The Bertz CT molecular complexity index is 722. The maximum Gasteiger partial charge on any atom is 0.222 e. The molecule has 1 aromatic carbocycles. The van der Waals surface area contributed by atoms with Crippen molar-refractivity contribution >= 4 is 27.7 Å². The van der Waals surface area contributed by atoms with Crippen molar-refractivity contribution < 1.29 is 5.11 Å². The van der Waals surface area contributed by atoms with E-state index in [-0.39, 0.29) is 12.0 Å². The van der Waals surface area contributed by atoms with E-state index in [0.29, 0.717) is 24.8 Å². The zero-order valence-electron chi connectivity index (χ0n) is 14.0. The highest BCUT2D eigenvalue weighted by Gasteiger charge is 2.31. The Morgan fingerprint density at radius 1 is 1.29 bits per heavy atom. The van der Waals surface area contributed by atoms with Gasteiger partial charge in [0.15, 0.2) is 0 Å². The molecule has 3 rings (SSSR count). The highest BCUT2D eigenvalue weighted by molar-refractivity contribution is 9.10. The third kappa shape index (κ3) is 3.54. The lowest BCUT2D eigenvalue weighted by molar-refractivity contribution is 0.122. The van der Waals surface area contributed by atoms with Gasteiger partial charge in [-0.25, -0.2) is 4.98 Å². The van der Waals surface area contributed by atoms with Gasteiger partial charge in [-0.3, -0.25) is 0 Å². The number of hydrogen-bond donors (Lipinski definition) is 2. The maximum absolute atomic E-state index is 10.5. The average Bonchev–Trinajstić information content (AvgIpc) is 2.55. The highest BCUT2D eigenvalue weighted by atomic mass is 79.9. The second kappa shape index (κ2) is 7.07. The minimum absolute atomic E-state index is 0.0352. The Labute approximate surface area is 151 Å². The maximum atomic E-state index is 10.5. The van der Waals surface area contributed by atoms with E-state index in [4.69, 9.17) is 5.73 Å². The molecule has 0 aliphatic carbocycles. The summed E-state index contributed by atoms with van der Waals surface area (Å²) in [5.41, 5.74) is 7.97. The second-order valence-corrected chi connectivity index (χ2v) is 7.45. The van der Waals surface area contributed by atoms with Gasteiger partial charge in [-0.2, -0.15) is 4.98 Å². The Kier molecular flexibility index (Phi) is 5.06. The predicted octanol–water partition coefficient (Wildman–Crippen LogP) is 3.30. The number of piperidine rings is 1. The van der Waals surface area contributed by atoms with Gasteiger partial charge in [0.05, 0.1) is 11.8 Å². The van der Waals surface area contributed by atoms with Crippen molar-refractivity contribution in [3.05, 3.63) is 46.1 Å². The molecule has 2 heterocycles. The quantitative estimate of drug-likeness (QED) is 0.840. The first kappa shape index (κ1) is 17.2. The molecule has 3 N–H and O–H groups in total. The molecule has 1 aliphatic rings. The van der Waals surface area contributed by atoms with Crippen LogP contribution in [0.3, 0.4) is 0 Å². The molecule has 6 heteroatoms. The summed E-state index contributed by atoms with van der Waals surface area (Å²) in [4.78, 5) is 10.9. The lowest BCUT2D eigenvalue weighted by atomic mass is 9.88. The highest BCUT2D eigenvalue weighted by Crippen LogP contribution is 2.34. The topological polar surface area (TPSA) is 75.3 Å². The number of hydrogen-bond acceptors (Lipinski definition) is 5. The Morgan fingerprint density at radius 3 is 2.75 bits per heavy atom. The van der Waals surface area contributed by atoms with Crippen molar-refractivity contribution in [2.45, 2.75) is 38.2 Å². The van der Waals surface area contributed by atoms with E-state index >= 15 is 0 Å². The predicted molar refractivity (Wildman–Crippen MR) is 100 cm³/mol. The van der Waals surface area contributed by atoms with Crippen LogP contribution in [0, 0.1) is 0 Å². The summed E-state index contributed by atoms with van der Waals surface area (Å²) in [5.74, 6) is 1.48. The van der Waals surface area contributed by atoms with Gasteiger partial charge in [0.2, 0.25) is 5.95 Å². The Morgan fingerprint density at radius 2 is 2.04 bits per heavy atom. The zero-order valence-corrected chi connectivity index (χ0v) is 15.6. The molecule has 2 atom stereocenters. The van der Waals surface area contributed by atoms with Gasteiger partial charge in [-0.15, -0.1) is 0 Å². The third-order valence-electron chi connectivity index (χ3n) is 4.55. The molecule has 128 valence electrons. The number of aromatic nitrogens is 2. The summed E-state index contributed by atoms with van der Waals surface area (Å²) in [5, 5.41) is 10.5. The molecule has 1 aromatic heterocycles. The van der Waals surface area contributed by atoms with Crippen LogP contribution < -0.4 is 10.6 Å². The van der Waals surface area contributed by atoms with Gasteiger partial charge in [0.25, 0.3) is 0 Å². The van der Waals surface area contributed by atoms with Crippen LogP contribution in [0.5, 0.6) is 0 Å². The molecule has 24 heavy (non-hydrogen) atoms. The number of aliphatic hydroxyl groups is 1. The van der Waals surface area contributed by atoms with Gasteiger partial charge in [0.1, 0.15) is 5.82 Å². The minimum Gasteiger partial charge on any atom is -0.392 e. The lowest BCUT2D eigenvalue weighted by Gasteiger charge is -2.37. The van der Waals surface area contributed by atoms with Crippen LogP contribution in [0.2, 0.25) is 0 Å². The molecule has 1 aliphatic heterocycles. The third-order valence-corrected chi connectivity index (χ3v) is 5.27. The van der Waals surface area contributed by atoms with Crippen molar-refractivity contribution in [1.82, 2.24) is 9.97 Å². The van der Waals surface area contributed by atoms with Crippen molar-refractivity contribution in [3.8, 4) is 0 Å². The van der Waals surface area contributed by atoms with Crippen LogP contribution in [-0.4, -0.2) is 34.3 Å². The fourth-order valence-electron chi connectivity index (χ4n) is 3.16. The number of benzene rings is 1. The van der Waals surface area contributed by atoms with Gasteiger partial charge in [-0.05, 0) is 24.0 Å². The fourth-order valence-corrected chi connectivity index (χ4v) is 3.74. The Hall–Kier alpha value is -1.66. The second-order valence-electron chi connectivity index (χ2n) is 6.59. The van der Waals surface area contributed by atoms with E-state index in [0.717, 1.165) is 28.1 Å². The van der Waals surface area contributed by atoms with E-state index < -0.39 is 0 Å². The number of halogens is 1. The van der Waals surface area contributed by atoms with Gasteiger partial charge in [0, 0.05) is 29.5 Å². The van der Waals surface area contributed by atoms with Gasteiger partial charge >= 0.3 is 0 Å². The Balaban J connectivity index is 1.90. The molecule has 0 unspecified atom stereocenters. The van der Waals surface area contributed by atoms with Crippen molar-refractivity contribution in [2.75, 3.05) is 23.7 Å². The summed E-state index contributed by atoms with van der Waals surface area (Å²) < 4.78 is 1.03. The molecular formula is C18H23BrN4O. The smallest absolute Gasteiger partial charge is 0.222 e. The molecule has 2 aromatic rings. The standard InChI is InChI=1S/C18H23BrN4O/c1-11(2)15-9-17(22-18(20)21-15)23-8-7-16(24)13(10-23)12-5-3-4-6-14(12)19/h3-6,9,11,13,16,24H,7-8,10H2,1-2H3,(H2,20,21,22)/t13-,16+/m1/s1. The SMILES string of the molecule is CC(C)c1cc(N2CC[C@H](O)[C@@H](c3ccccc3Br)C2)nc(N)n1. The molecule has 0 amide bonds. The summed E-state index contributed by atoms with van der Waals surface area (Å²) in [6, 6.07) is 10.1. The van der Waals surface area contributed by atoms with Gasteiger partial charge in [-0.1, -0.05) is 48.0 Å². The van der Waals surface area contributed by atoms with Crippen molar-refractivity contribution in [3.63, 3.8) is 0 Å². The summed E-state index contributed by atoms with van der Waals surface area (Å²) >= 11 is 3.60. The first-order valence-electron chi connectivity index (χ1n) is 8.27. The zero-order chi connectivity index (χ0) is 17.3. The van der Waals surface area contributed by atoms with Crippen LogP contribution in [0.25, 0.3) is 0 Å². The van der Waals surface area contributed by atoms with Crippen LogP contribution >= 0.6 is 15.9 Å². The first-order valence-corrected chi connectivity index (χ1v) is 9.07. The summed E-state index contributed by atoms with van der Waals surface area (Å²) in [6.45, 7) is 5.65. The normalized spacial score (nSPS) is 21.3. The molecule has 5 nitrogen and oxygen atoms in total. The summed E-state index contributed by atoms with van der Waals surface area (Å²) in [6.07, 6.45) is 0.344. The molecule has 0 bridgehead atoms. The lowest BCUT2D eigenvalue weighted by Crippen LogP contribution is -2.42. The van der Waals surface area contributed by atoms with E-state index in [1.165, 1.54) is 0 Å². The fraction of sp³-hybridized carbons (Fsp3) is 0.444. The van der Waals surface area contributed by atoms with Crippen LogP contribution in [0.1, 0.15) is 43.4 Å². The molecule has 0 saturated carbocycles. The van der Waals surface area contributed by atoms with E-state index in [1.54, 1.807) is 0 Å². The van der Waals surface area contributed by atoms with Gasteiger partial charge < -0.3 is 15.7 Å². The monoisotopic (exact) mass is 390 g/mol. The molecule has 0 radical (unpaired) electrons. The van der Waals surface area contributed by atoms with Crippen LogP contribution in [-0.2, 0) is 0 Å². The first-order chi connectivity index (χ1) is 11.5. The summed E-state index contributed by atoms with van der Waals surface area (Å²) in [7, 11) is 0. The largest absolute Gasteiger partial charge is 0.392 e. The van der Waals surface area contributed by atoms with Crippen LogP contribution in [0.4, 0.5) is 11.8 Å². The van der Waals surface area contributed by atoms with Crippen LogP contribution in [0.15, 0.2) is 34.8 Å². The number of nitrogens with zero attached hydrogens (tertiary/aromatic N) is 3.